The lowest BCUT2D eigenvalue weighted by molar-refractivity contribution is -0.137. The molecule has 5 heteroatoms. The van der Waals surface area contributed by atoms with Crippen LogP contribution in [-0.2, 0) is 17.4 Å². The quantitative estimate of drug-likeness (QED) is 0.870. The second-order valence-corrected chi connectivity index (χ2v) is 3.91. The minimum absolute atomic E-state index is 0.327. The molecule has 1 rings (SSSR count). The molecule has 0 aliphatic carbocycles. The largest absolute Gasteiger partial charge is 0.416 e. The highest BCUT2D eigenvalue weighted by Gasteiger charge is 2.30. The monoisotopic (exact) mass is 245 g/mol. The Labute approximate surface area is 97.6 Å². The minimum Gasteiger partial charge on any atom is -0.369 e. The number of hydrogen-bond acceptors (Lipinski definition) is 1. The first-order chi connectivity index (χ1) is 7.84. The van der Waals surface area contributed by atoms with Gasteiger partial charge in [-0.1, -0.05) is 19.1 Å². The summed E-state index contributed by atoms with van der Waals surface area (Å²) in [6.45, 7) is 1.82. The van der Waals surface area contributed by atoms with E-state index >= 15 is 0 Å². The van der Waals surface area contributed by atoms with Gasteiger partial charge < -0.3 is 5.73 Å². The zero-order chi connectivity index (χ0) is 13.1. The van der Waals surface area contributed by atoms with Crippen molar-refractivity contribution in [3.63, 3.8) is 0 Å². The van der Waals surface area contributed by atoms with Gasteiger partial charge in [-0.25, -0.2) is 0 Å². The Kier molecular flexibility index (Phi) is 4.15. The third-order valence-electron chi connectivity index (χ3n) is 2.66. The molecule has 0 saturated heterocycles. The van der Waals surface area contributed by atoms with Crippen LogP contribution in [0.25, 0.3) is 0 Å². The number of nitrogens with two attached hydrogens (primary N) is 1. The zero-order valence-electron chi connectivity index (χ0n) is 9.42. The predicted molar refractivity (Wildman–Crippen MR) is 58.1 cm³/mol. The van der Waals surface area contributed by atoms with Crippen molar-refractivity contribution in [1.82, 2.24) is 0 Å². The van der Waals surface area contributed by atoms with Gasteiger partial charge in [-0.3, -0.25) is 4.79 Å². The molecule has 1 atom stereocenters. The van der Waals surface area contributed by atoms with Crippen LogP contribution in [0.5, 0.6) is 0 Å². The van der Waals surface area contributed by atoms with Crippen molar-refractivity contribution in [2.45, 2.75) is 25.9 Å². The fourth-order valence-corrected chi connectivity index (χ4v) is 1.56. The molecule has 1 aromatic rings. The van der Waals surface area contributed by atoms with Gasteiger partial charge >= 0.3 is 6.18 Å². The van der Waals surface area contributed by atoms with E-state index < -0.39 is 17.6 Å². The van der Waals surface area contributed by atoms with Crippen LogP contribution in [-0.4, -0.2) is 5.91 Å². The lowest BCUT2D eigenvalue weighted by Crippen LogP contribution is -2.24. The van der Waals surface area contributed by atoms with Crippen molar-refractivity contribution < 1.29 is 18.0 Å². The van der Waals surface area contributed by atoms with E-state index in [0.29, 0.717) is 18.4 Å². The van der Waals surface area contributed by atoms with E-state index in [1.807, 2.05) is 6.92 Å². The van der Waals surface area contributed by atoms with Gasteiger partial charge in [0.2, 0.25) is 5.91 Å². The molecule has 0 radical (unpaired) electrons. The molecule has 2 N–H and O–H groups in total. The molecule has 0 bridgehead atoms. The maximum atomic E-state index is 12.3. The molecule has 0 fully saturated rings. The molecule has 2 nitrogen and oxygen atoms in total. The fraction of sp³-hybridized carbons (Fsp3) is 0.417. The van der Waals surface area contributed by atoms with E-state index in [4.69, 9.17) is 5.73 Å². The lowest BCUT2D eigenvalue weighted by atomic mass is 9.96. The molecule has 0 aliphatic heterocycles. The summed E-state index contributed by atoms with van der Waals surface area (Å²) < 4.78 is 36.9. The van der Waals surface area contributed by atoms with Gasteiger partial charge in [-0.2, -0.15) is 13.2 Å². The van der Waals surface area contributed by atoms with Gasteiger partial charge in [0.05, 0.1) is 5.56 Å². The summed E-state index contributed by atoms with van der Waals surface area (Å²) in [5, 5.41) is 0. The molecule has 0 heterocycles. The second-order valence-electron chi connectivity index (χ2n) is 3.91. The first-order valence-electron chi connectivity index (χ1n) is 5.30. The Bertz CT molecular complexity index is 384. The number of halogens is 3. The zero-order valence-corrected chi connectivity index (χ0v) is 9.42. The van der Waals surface area contributed by atoms with E-state index in [-0.39, 0.29) is 5.92 Å². The SMILES string of the molecule is CC[C@@H](Cc1ccc(C(F)(F)F)cc1)C(N)=O. The van der Waals surface area contributed by atoms with E-state index in [9.17, 15) is 18.0 Å². The summed E-state index contributed by atoms with van der Waals surface area (Å²) in [7, 11) is 0. The normalized spacial score (nSPS) is 13.4. The van der Waals surface area contributed by atoms with Gasteiger partial charge in [0.15, 0.2) is 0 Å². The maximum absolute atomic E-state index is 12.3. The molecular weight excluding hydrogens is 231 g/mol. The summed E-state index contributed by atoms with van der Waals surface area (Å²) in [5.41, 5.74) is 5.17. The van der Waals surface area contributed by atoms with Gasteiger partial charge in [-0.05, 0) is 30.5 Å². The van der Waals surface area contributed by atoms with Crippen molar-refractivity contribution in [2.75, 3.05) is 0 Å². The summed E-state index contributed by atoms with van der Waals surface area (Å²) in [5.74, 6) is -0.751. The highest BCUT2D eigenvalue weighted by atomic mass is 19.4. The first kappa shape index (κ1) is 13.5. The molecule has 0 saturated carbocycles. The summed E-state index contributed by atoms with van der Waals surface area (Å²) in [4.78, 5) is 11.0. The maximum Gasteiger partial charge on any atom is 0.416 e. The molecule has 0 spiro atoms. The Balaban J connectivity index is 2.78. The van der Waals surface area contributed by atoms with Gasteiger partial charge in [0, 0.05) is 5.92 Å². The van der Waals surface area contributed by atoms with Gasteiger partial charge in [0.1, 0.15) is 0 Å². The van der Waals surface area contributed by atoms with Crippen LogP contribution < -0.4 is 5.73 Å². The number of alkyl halides is 3. The molecular formula is C12H14F3NO. The van der Waals surface area contributed by atoms with Crippen LogP contribution in [0, 0.1) is 5.92 Å². The Morgan fingerprint density at radius 1 is 1.29 bits per heavy atom. The molecule has 0 aromatic heterocycles. The molecule has 0 aliphatic rings. The third-order valence-corrected chi connectivity index (χ3v) is 2.66. The van der Waals surface area contributed by atoms with Crippen molar-refractivity contribution in [3.05, 3.63) is 35.4 Å². The van der Waals surface area contributed by atoms with Crippen molar-refractivity contribution >= 4 is 5.91 Å². The lowest BCUT2D eigenvalue weighted by Gasteiger charge is -2.12. The minimum atomic E-state index is -4.33. The van der Waals surface area contributed by atoms with Gasteiger partial charge in [-0.15, -0.1) is 0 Å². The summed E-state index contributed by atoms with van der Waals surface area (Å²) in [6, 6.07) is 4.80. The highest BCUT2D eigenvalue weighted by Crippen LogP contribution is 2.29. The summed E-state index contributed by atoms with van der Waals surface area (Å²) >= 11 is 0. The number of carbonyl (C=O) groups excluding carboxylic acids is 1. The number of amides is 1. The van der Waals surface area contributed by atoms with Gasteiger partial charge in [0.25, 0.3) is 0 Å². The average molecular weight is 245 g/mol. The van der Waals surface area contributed by atoms with E-state index in [0.717, 1.165) is 12.1 Å². The Morgan fingerprint density at radius 2 is 1.82 bits per heavy atom. The smallest absolute Gasteiger partial charge is 0.369 e. The molecule has 94 valence electrons. The van der Waals surface area contributed by atoms with Crippen LogP contribution >= 0.6 is 0 Å². The number of carbonyl (C=O) groups is 1. The number of rotatable bonds is 4. The van der Waals surface area contributed by atoms with Crippen molar-refractivity contribution in [1.29, 1.82) is 0 Å². The number of primary amides is 1. The molecule has 1 amide bonds. The standard InChI is InChI=1S/C12H14F3NO/c1-2-9(11(16)17)7-8-3-5-10(6-4-8)12(13,14)15/h3-6,9H,2,7H2,1H3,(H2,16,17)/t9-/m0/s1. The first-order valence-corrected chi connectivity index (χ1v) is 5.30. The number of hydrogen-bond donors (Lipinski definition) is 1. The van der Waals surface area contributed by atoms with Crippen LogP contribution in [0.4, 0.5) is 13.2 Å². The second kappa shape index (κ2) is 5.21. The molecule has 1 aromatic carbocycles. The predicted octanol–water partition coefficient (Wildman–Crippen LogP) is 2.76. The summed E-state index contributed by atoms with van der Waals surface area (Å²) in [6.07, 6.45) is -3.37. The Morgan fingerprint density at radius 3 is 2.18 bits per heavy atom. The topological polar surface area (TPSA) is 43.1 Å². The van der Waals surface area contributed by atoms with E-state index in [2.05, 4.69) is 0 Å². The highest BCUT2D eigenvalue weighted by molar-refractivity contribution is 5.76. The van der Waals surface area contributed by atoms with E-state index in [1.54, 1.807) is 0 Å². The molecule has 17 heavy (non-hydrogen) atoms. The van der Waals surface area contributed by atoms with E-state index in [1.165, 1.54) is 12.1 Å². The van der Waals surface area contributed by atoms with Crippen LogP contribution in [0.3, 0.4) is 0 Å². The average Bonchev–Trinajstić information content (AvgIpc) is 2.25. The fourth-order valence-electron chi connectivity index (χ4n) is 1.56. The van der Waals surface area contributed by atoms with Crippen molar-refractivity contribution in [2.24, 2.45) is 11.7 Å². The third kappa shape index (κ3) is 3.76. The number of benzene rings is 1. The van der Waals surface area contributed by atoms with Crippen LogP contribution in [0.1, 0.15) is 24.5 Å². The van der Waals surface area contributed by atoms with Crippen LogP contribution in [0.2, 0.25) is 0 Å². The Hall–Kier alpha value is -1.52. The van der Waals surface area contributed by atoms with Crippen molar-refractivity contribution in [3.8, 4) is 0 Å². The molecule has 0 unspecified atom stereocenters. The van der Waals surface area contributed by atoms with Crippen LogP contribution in [0.15, 0.2) is 24.3 Å².